The van der Waals surface area contributed by atoms with Crippen molar-refractivity contribution in [2.24, 2.45) is 0 Å². The molecule has 0 unspecified atom stereocenters. The molecule has 0 radical (unpaired) electrons. The maximum absolute atomic E-state index is 11.8. The summed E-state index contributed by atoms with van der Waals surface area (Å²) in [7, 11) is 3.00. The van der Waals surface area contributed by atoms with E-state index in [4.69, 9.17) is 18.7 Å². The number of hydrogen-bond donors (Lipinski definition) is 0. The summed E-state index contributed by atoms with van der Waals surface area (Å²) in [6.45, 7) is 1.19. The lowest BCUT2D eigenvalue weighted by atomic mass is 9.93. The van der Waals surface area contributed by atoms with Gasteiger partial charge in [0.15, 0.2) is 0 Å². The monoisotopic (exact) mass is 282 g/mol. The van der Waals surface area contributed by atoms with E-state index < -0.39 is 11.0 Å². The highest BCUT2D eigenvalue weighted by Gasteiger charge is 2.58. The van der Waals surface area contributed by atoms with Crippen molar-refractivity contribution < 1.29 is 23.5 Å². The van der Waals surface area contributed by atoms with E-state index in [-0.39, 0.29) is 5.97 Å². The van der Waals surface area contributed by atoms with Crippen LogP contribution < -0.4 is 0 Å². The predicted molar refractivity (Wildman–Crippen MR) is 66.0 cm³/mol. The first-order valence-electron chi connectivity index (χ1n) is 6.73. The smallest absolute Gasteiger partial charge is 0.321 e. The van der Waals surface area contributed by atoms with Crippen LogP contribution in [0.25, 0.3) is 0 Å². The molecule has 110 valence electrons. The molecule has 3 rings (SSSR count). The van der Waals surface area contributed by atoms with Crippen molar-refractivity contribution in [3.8, 4) is 0 Å². The van der Waals surface area contributed by atoms with E-state index in [1.807, 2.05) is 0 Å². The van der Waals surface area contributed by atoms with Gasteiger partial charge in [-0.1, -0.05) is 5.16 Å². The molecule has 0 bridgehead atoms. The third-order valence-electron chi connectivity index (χ3n) is 4.26. The lowest BCUT2D eigenvalue weighted by molar-refractivity contribution is -0.144. The fourth-order valence-electron chi connectivity index (χ4n) is 2.65. The highest BCUT2D eigenvalue weighted by Crippen LogP contribution is 2.49. The van der Waals surface area contributed by atoms with Crippen molar-refractivity contribution >= 4 is 5.97 Å². The van der Waals surface area contributed by atoms with E-state index in [1.54, 1.807) is 7.11 Å². The topological polar surface area (TPSA) is 83.7 Å². The minimum absolute atomic E-state index is 0.314. The van der Waals surface area contributed by atoms with Gasteiger partial charge in [-0.25, -0.2) is 0 Å². The van der Waals surface area contributed by atoms with Crippen molar-refractivity contribution in [1.82, 2.24) is 10.1 Å². The summed E-state index contributed by atoms with van der Waals surface area (Å²) in [5, 5.41) is 4.03. The number of carbonyl (C=O) groups excluding carboxylic acids is 1. The van der Waals surface area contributed by atoms with Gasteiger partial charge >= 0.3 is 5.97 Å². The molecule has 0 N–H and O–H groups in total. The lowest BCUT2D eigenvalue weighted by Crippen LogP contribution is -2.36. The largest absolute Gasteiger partial charge is 0.468 e. The van der Waals surface area contributed by atoms with Gasteiger partial charge in [-0.3, -0.25) is 4.79 Å². The number of ether oxygens (including phenoxy) is 3. The molecule has 0 spiro atoms. The Bertz CT molecular complexity index is 503. The number of nitrogens with zero attached hydrogens (tertiary/aromatic N) is 2. The normalized spacial score (nSPS) is 23.3. The van der Waals surface area contributed by atoms with E-state index in [9.17, 15) is 4.79 Å². The Hall–Kier alpha value is -1.47. The molecular formula is C13H18N2O5. The van der Waals surface area contributed by atoms with Gasteiger partial charge in [-0.2, -0.15) is 4.98 Å². The van der Waals surface area contributed by atoms with Crippen LogP contribution in [-0.2, 0) is 30.0 Å². The van der Waals surface area contributed by atoms with Gasteiger partial charge in [-0.05, 0) is 12.8 Å². The Morgan fingerprint density at radius 1 is 1.20 bits per heavy atom. The predicted octanol–water partition coefficient (Wildman–Crippen LogP) is 0.926. The molecule has 0 aromatic carbocycles. The first-order valence-corrected chi connectivity index (χ1v) is 6.73. The van der Waals surface area contributed by atoms with Crippen molar-refractivity contribution in [2.45, 2.75) is 36.7 Å². The minimum atomic E-state index is -0.736. The Morgan fingerprint density at radius 3 is 2.45 bits per heavy atom. The van der Waals surface area contributed by atoms with Gasteiger partial charge < -0.3 is 18.7 Å². The van der Waals surface area contributed by atoms with Crippen LogP contribution in [0.3, 0.4) is 0 Å². The first-order chi connectivity index (χ1) is 9.67. The molecule has 1 aliphatic carbocycles. The van der Waals surface area contributed by atoms with E-state index in [1.165, 1.54) is 7.11 Å². The molecule has 7 heteroatoms. The third-order valence-corrected chi connectivity index (χ3v) is 4.26. The number of rotatable bonds is 4. The van der Waals surface area contributed by atoms with Crippen LogP contribution in [0.1, 0.15) is 37.4 Å². The Kier molecular flexibility index (Phi) is 3.25. The summed E-state index contributed by atoms with van der Waals surface area (Å²) >= 11 is 0. The van der Waals surface area contributed by atoms with Crippen molar-refractivity contribution in [2.75, 3.05) is 27.4 Å². The lowest BCUT2D eigenvalue weighted by Gasteiger charge is -2.32. The standard InChI is InChI=1S/C13H18N2O5/c1-17-11(16)12(3-4-12)10-14-9(15-20-10)13(18-2)5-7-19-8-6-13/h3-8H2,1-2H3. The molecule has 1 saturated heterocycles. The molecular weight excluding hydrogens is 264 g/mol. The molecule has 1 aromatic rings. The molecule has 0 amide bonds. The average Bonchev–Trinajstić information content (AvgIpc) is 3.16. The number of hydrogen-bond acceptors (Lipinski definition) is 7. The van der Waals surface area contributed by atoms with Crippen molar-refractivity contribution in [3.05, 3.63) is 11.7 Å². The van der Waals surface area contributed by atoms with Gasteiger partial charge in [0.1, 0.15) is 11.0 Å². The highest BCUT2D eigenvalue weighted by atomic mass is 16.5. The molecule has 0 atom stereocenters. The first kappa shape index (κ1) is 13.5. The van der Waals surface area contributed by atoms with Gasteiger partial charge in [0.25, 0.3) is 0 Å². The maximum Gasteiger partial charge on any atom is 0.321 e. The summed E-state index contributed by atoms with van der Waals surface area (Å²) in [5.41, 5.74) is -1.31. The molecule has 1 aliphatic heterocycles. The van der Waals surface area contributed by atoms with Gasteiger partial charge in [0.2, 0.25) is 11.7 Å². The summed E-state index contributed by atoms with van der Waals surface area (Å²) < 4.78 is 21.1. The van der Waals surface area contributed by atoms with E-state index in [0.717, 1.165) is 0 Å². The summed E-state index contributed by atoms with van der Waals surface area (Å²) in [6.07, 6.45) is 2.72. The zero-order valence-corrected chi connectivity index (χ0v) is 11.7. The van der Waals surface area contributed by atoms with Crippen LogP contribution in [0.15, 0.2) is 4.52 Å². The quantitative estimate of drug-likeness (QED) is 0.759. The minimum Gasteiger partial charge on any atom is -0.468 e. The van der Waals surface area contributed by atoms with Crippen LogP contribution in [0.4, 0.5) is 0 Å². The number of methoxy groups -OCH3 is 2. The Balaban J connectivity index is 1.88. The van der Waals surface area contributed by atoms with Gasteiger partial charge in [-0.15, -0.1) is 0 Å². The average molecular weight is 282 g/mol. The zero-order chi connectivity index (χ0) is 14.2. The fourth-order valence-corrected chi connectivity index (χ4v) is 2.65. The van der Waals surface area contributed by atoms with Gasteiger partial charge in [0, 0.05) is 33.2 Å². The molecule has 20 heavy (non-hydrogen) atoms. The Labute approximate surface area is 116 Å². The van der Waals surface area contributed by atoms with Crippen LogP contribution in [0, 0.1) is 0 Å². The number of esters is 1. The molecule has 1 saturated carbocycles. The van der Waals surface area contributed by atoms with Gasteiger partial charge in [0.05, 0.1) is 7.11 Å². The van der Waals surface area contributed by atoms with E-state index >= 15 is 0 Å². The number of aromatic nitrogens is 2. The second-order valence-corrected chi connectivity index (χ2v) is 5.31. The number of carbonyl (C=O) groups is 1. The van der Waals surface area contributed by atoms with Crippen LogP contribution >= 0.6 is 0 Å². The molecule has 2 fully saturated rings. The second-order valence-electron chi connectivity index (χ2n) is 5.31. The van der Waals surface area contributed by atoms with Crippen LogP contribution in [-0.4, -0.2) is 43.5 Å². The van der Waals surface area contributed by atoms with Crippen LogP contribution in [0.2, 0.25) is 0 Å². The van der Waals surface area contributed by atoms with Crippen molar-refractivity contribution in [1.29, 1.82) is 0 Å². The molecule has 7 nitrogen and oxygen atoms in total. The van der Waals surface area contributed by atoms with E-state index in [2.05, 4.69) is 10.1 Å². The Morgan fingerprint density at radius 2 is 1.90 bits per heavy atom. The summed E-state index contributed by atoms with van der Waals surface area (Å²) in [4.78, 5) is 16.3. The molecule has 2 aliphatic rings. The summed E-state index contributed by atoms with van der Waals surface area (Å²) in [6, 6.07) is 0. The summed E-state index contributed by atoms with van der Waals surface area (Å²) in [5.74, 6) is 0.516. The maximum atomic E-state index is 11.8. The fraction of sp³-hybridized carbons (Fsp3) is 0.769. The molecule has 2 heterocycles. The zero-order valence-electron chi connectivity index (χ0n) is 11.7. The van der Waals surface area contributed by atoms with Crippen molar-refractivity contribution in [3.63, 3.8) is 0 Å². The molecule has 1 aromatic heterocycles. The third kappa shape index (κ3) is 1.92. The SMILES string of the molecule is COC(=O)C1(c2nc(C3(OC)CCOCC3)no2)CC1. The van der Waals surface area contributed by atoms with E-state index in [0.29, 0.717) is 50.6 Å². The van der Waals surface area contributed by atoms with Crippen LogP contribution in [0.5, 0.6) is 0 Å². The second kappa shape index (κ2) is 4.82. The highest BCUT2D eigenvalue weighted by molar-refractivity contribution is 5.85.